The van der Waals surface area contributed by atoms with E-state index in [1.54, 1.807) is 48.5 Å². The molecule has 172 valence electrons. The average Bonchev–Trinajstić information content (AvgIpc) is 2.75. The van der Waals surface area contributed by atoms with Crippen LogP contribution in [0.3, 0.4) is 0 Å². The third kappa shape index (κ3) is 7.03. The molecule has 0 spiro atoms. The summed E-state index contributed by atoms with van der Waals surface area (Å²) in [4.78, 5) is 24.2. The maximum atomic E-state index is 13.1. The summed E-state index contributed by atoms with van der Waals surface area (Å²) < 4.78 is 28.6. The van der Waals surface area contributed by atoms with Crippen molar-refractivity contribution in [3.8, 4) is 0 Å². The highest BCUT2D eigenvalue weighted by molar-refractivity contribution is 7.89. The van der Waals surface area contributed by atoms with Crippen LogP contribution in [0, 0.1) is 0 Å². The highest BCUT2D eigenvalue weighted by Crippen LogP contribution is 2.25. The molecule has 1 atom stereocenters. The SMILES string of the molecule is CC(=O)Nc1cccc(NC(=O)[C@@H](Cc2ccccc2)NS(=O)(=O)c2cc(Cl)ccc2Cl)c1. The average molecular weight is 506 g/mol. The molecule has 0 heterocycles. The van der Waals surface area contributed by atoms with Gasteiger partial charge in [0, 0.05) is 23.3 Å². The van der Waals surface area contributed by atoms with E-state index in [0.717, 1.165) is 5.56 Å². The minimum Gasteiger partial charge on any atom is -0.326 e. The number of carbonyl (C=O) groups excluding carboxylic acids is 2. The number of hydrogen-bond donors (Lipinski definition) is 3. The molecule has 0 saturated heterocycles. The van der Waals surface area contributed by atoms with E-state index >= 15 is 0 Å². The fourth-order valence-electron chi connectivity index (χ4n) is 3.08. The van der Waals surface area contributed by atoms with E-state index in [1.165, 1.54) is 25.1 Å². The van der Waals surface area contributed by atoms with Gasteiger partial charge in [-0.05, 0) is 48.4 Å². The van der Waals surface area contributed by atoms with Crippen molar-refractivity contribution in [1.82, 2.24) is 4.72 Å². The first-order valence-electron chi connectivity index (χ1n) is 9.84. The fraction of sp³-hybridized carbons (Fsp3) is 0.130. The van der Waals surface area contributed by atoms with Crippen molar-refractivity contribution in [2.75, 3.05) is 10.6 Å². The number of amides is 2. The molecule has 0 aliphatic carbocycles. The molecule has 0 aliphatic heterocycles. The Morgan fingerprint density at radius 1 is 0.879 bits per heavy atom. The molecular weight excluding hydrogens is 485 g/mol. The van der Waals surface area contributed by atoms with E-state index < -0.39 is 22.0 Å². The van der Waals surface area contributed by atoms with E-state index in [0.29, 0.717) is 11.4 Å². The van der Waals surface area contributed by atoms with Crippen molar-refractivity contribution in [1.29, 1.82) is 0 Å². The van der Waals surface area contributed by atoms with Gasteiger partial charge in [0.25, 0.3) is 0 Å². The lowest BCUT2D eigenvalue weighted by molar-refractivity contribution is -0.117. The molecule has 0 bridgehead atoms. The Bertz CT molecular complexity index is 1270. The molecule has 3 rings (SSSR count). The van der Waals surface area contributed by atoms with Gasteiger partial charge in [-0.1, -0.05) is 59.6 Å². The van der Waals surface area contributed by atoms with Gasteiger partial charge in [-0.3, -0.25) is 9.59 Å². The number of nitrogens with one attached hydrogen (secondary N) is 3. The molecular formula is C23H21Cl2N3O4S. The van der Waals surface area contributed by atoms with Gasteiger partial charge in [-0.15, -0.1) is 0 Å². The molecule has 3 aromatic carbocycles. The molecule has 0 aromatic heterocycles. The van der Waals surface area contributed by atoms with Crippen LogP contribution in [-0.2, 0) is 26.0 Å². The first-order valence-corrected chi connectivity index (χ1v) is 12.1. The van der Waals surface area contributed by atoms with Crippen LogP contribution in [0.25, 0.3) is 0 Å². The Balaban J connectivity index is 1.88. The Morgan fingerprint density at radius 3 is 2.21 bits per heavy atom. The van der Waals surface area contributed by atoms with Crippen LogP contribution >= 0.6 is 23.2 Å². The van der Waals surface area contributed by atoms with Crippen LogP contribution in [0.4, 0.5) is 11.4 Å². The third-order valence-corrected chi connectivity index (χ3v) is 6.72. The van der Waals surface area contributed by atoms with E-state index in [-0.39, 0.29) is 27.3 Å². The normalized spacial score (nSPS) is 12.1. The number of sulfonamides is 1. The van der Waals surface area contributed by atoms with Gasteiger partial charge in [0.15, 0.2) is 0 Å². The van der Waals surface area contributed by atoms with Crippen molar-refractivity contribution < 1.29 is 18.0 Å². The zero-order valence-corrected chi connectivity index (χ0v) is 19.8. The highest BCUT2D eigenvalue weighted by Gasteiger charge is 2.28. The van der Waals surface area contributed by atoms with Crippen LogP contribution in [-0.4, -0.2) is 26.3 Å². The summed E-state index contributed by atoms with van der Waals surface area (Å²) >= 11 is 12.0. The van der Waals surface area contributed by atoms with Crippen LogP contribution in [0.2, 0.25) is 10.0 Å². The first kappa shape index (κ1) is 24.7. The summed E-state index contributed by atoms with van der Waals surface area (Å²) in [6.45, 7) is 1.37. The molecule has 0 radical (unpaired) electrons. The standard InChI is InChI=1S/C23H21Cl2N3O4S/c1-15(29)26-18-8-5-9-19(14-18)27-23(30)21(12-16-6-3-2-4-7-16)28-33(31,32)22-13-17(24)10-11-20(22)25/h2-11,13-14,21,28H,12H2,1H3,(H,26,29)(H,27,30)/t21-/m1/s1. The van der Waals surface area contributed by atoms with Gasteiger partial charge < -0.3 is 10.6 Å². The lowest BCUT2D eigenvalue weighted by Crippen LogP contribution is -2.45. The van der Waals surface area contributed by atoms with E-state index in [9.17, 15) is 18.0 Å². The second kappa shape index (κ2) is 10.8. The van der Waals surface area contributed by atoms with Gasteiger partial charge in [-0.25, -0.2) is 8.42 Å². The smallest absolute Gasteiger partial charge is 0.242 e. The molecule has 0 fully saturated rings. The Morgan fingerprint density at radius 2 is 1.55 bits per heavy atom. The number of halogens is 2. The van der Waals surface area contributed by atoms with Gasteiger partial charge in [-0.2, -0.15) is 4.72 Å². The Kier molecular flexibility index (Phi) is 8.10. The minimum atomic E-state index is -4.18. The van der Waals surface area contributed by atoms with Crippen molar-refractivity contribution >= 4 is 56.4 Å². The Labute approximate surface area is 202 Å². The predicted octanol–water partition coefficient (Wildman–Crippen LogP) is 4.48. The van der Waals surface area contributed by atoms with Crippen LogP contribution in [0.1, 0.15) is 12.5 Å². The summed E-state index contributed by atoms with van der Waals surface area (Å²) in [5, 5.41) is 5.50. The molecule has 0 aliphatic rings. The van der Waals surface area contributed by atoms with Crippen LogP contribution in [0.15, 0.2) is 77.7 Å². The zero-order valence-electron chi connectivity index (χ0n) is 17.5. The van der Waals surface area contributed by atoms with Crippen LogP contribution in [0.5, 0.6) is 0 Å². The van der Waals surface area contributed by atoms with Crippen molar-refractivity contribution in [3.05, 3.63) is 88.4 Å². The van der Waals surface area contributed by atoms with Crippen molar-refractivity contribution in [2.24, 2.45) is 0 Å². The number of carbonyl (C=O) groups is 2. The van der Waals surface area contributed by atoms with Gasteiger partial charge in [0.05, 0.1) is 5.02 Å². The number of anilines is 2. The highest BCUT2D eigenvalue weighted by atomic mass is 35.5. The molecule has 33 heavy (non-hydrogen) atoms. The van der Waals surface area contributed by atoms with Gasteiger partial charge >= 0.3 is 0 Å². The first-order chi connectivity index (χ1) is 15.6. The molecule has 3 N–H and O–H groups in total. The van der Waals surface area contributed by atoms with E-state index in [1.807, 2.05) is 6.07 Å². The Hall–Kier alpha value is -2.91. The summed E-state index contributed by atoms with van der Waals surface area (Å²) in [5.74, 6) is -0.841. The van der Waals surface area contributed by atoms with E-state index in [2.05, 4.69) is 15.4 Å². The molecule has 3 aromatic rings. The molecule has 2 amide bonds. The lowest BCUT2D eigenvalue weighted by Gasteiger charge is -2.19. The summed E-state index contributed by atoms with van der Waals surface area (Å²) in [5.41, 5.74) is 1.64. The predicted molar refractivity (Wildman–Crippen MR) is 130 cm³/mol. The van der Waals surface area contributed by atoms with Crippen molar-refractivity contribution in [3.63, 3.8) is 0 Å². The topological polar surface area (TPSA) is 104 Å². The fourth-order valence-corrected chi connectivity index (χ4v) is 5.04. The second-order valence-corrected chi connectivity index (χ2v) is 9.72. The summed E-state index contributed by atoms with van der Waals surface area (Å²) in [7, 11) is -4.18. The number of rotatable bonds is 8. The lowest BCUT2D eigenvalue weighted by atomic mass is 10.1. The zero-order chi connectivity index (χ0) is 24.0. The van der Waals surface area contributed by atoms with Gasteiger partial charge in [0.1, 0.15) is 10.9 Å². The largest absolute Gasteiger partial charge is 0.326 e. The maximum Gasteiger partial charge on any atom is 0.242 e. The van der Waals surface area contributed by atoms with E-state index in [4.69, 9.17) is 23.2 Å². The number of benzene rings is 3. The summed E-state index contributed by atoms with van der Waals surface area (Å²) in [6, 6.07) is 18.4. The minimum absolute atomic E-state index is 0.0197. The quantitative estimate of drug-likeness (QED) is 0.419. The monoisotopic (exact) mass is 505 g/mol. The summed E-state index contributed by atoms with van der Waals surface area (Å²) in [6.07, 6.45) is 0.0927. The maximum absolute atomic E-state index is 13.1. The molecule has 10 heteroatoms. The van der Waals surface area contributed by atoms with Crippen LogP contribution < -0.4 is 15.4 Å². The molecule has 7 nitrogen and oxygen atoms in total. The molecule has 0 unspecified atom stereocenters. The second-order valence-electron chi connectivity index (χ2n) is 7.19. The van der Waals surface area contributed by atoms with Gasteiger partial charge in [0.2, 0.25) is 21.8 Å². The van der Waals surface area contributed by atoms with Crippen molar-refractivity contribution in [2.45, 2.75) is 24.3 Å². The molecule has 0 saturated carbocycles. The number of hydrogen-bond acceptors (Lipinski definition) is 4. The third-order valence-electron chi connectivity index (χ3n) is 4.53.